The van der Waals surface area contributed by atoms with E-state index < -0.39 is 0 Å². The molecule has 0 unspecified atom stereocenters. The maximum Gasteiger partial charge on any atom is 0.256 e. The molecule has 1 atom stereocenters. The summed E-state index contributed by atoms with van der Waals surface area (Å²) in [6, 6.07) is 12.0. The van der Waals surface area contributed by atoms with Gasteiger partial charge in [-0.25, -0.2) is 4.98 Å². The first kappa shape index (κ1) is 18.7. The van der Waals surface area contributed by atoms with Gasteiger partial charge in [-0.2, -0.15) is 10.2 Å². The second kappa shape index (κ2) is 7.50. The number of hydrogen-bond acceptors (Lipinski definition) is 5. The molecule has 5 rings (SSSR count). The molecule has 0 spiro atoms. The van der Waals surface area contributed by atoms with Gasteiger partial charge in [0.15, 0.2) is 0 Å². The molecule has 1 aromatic carbocycles. The summed E-state index contributed by atoms with van der Waals surface area (Å²) in [7, 11) is 0. The van der Waals surface area contributed by atoms with Gasteiger partial charge in [0, 0.05) is 46.9 Å². The summed E-state index contributed by atoms with van der Waals surface area (Å²) >= 11 is 0. The number of anilines is 1. The molecule has 0 saturated carbocycles. The second-order valence-electron chi connectivity index (χ2n) is 8.13. The Morgan fingerprint density at radius 3 is 2.93 bits per heavy atom. The standard InChI is InChI=1S/C23H24N6O/c1-14-8-17-9-16(5-6-20(17)28-27-14)23(30)26-22-11-21-18(12-24-22)10-19(25-21)13-29-7-3-4-15(29)2/h5-6,8-12,15,25H,3-4,7,13H2,1-2H3,(H,24,26,30)/t15-/m0/s1. The van der Waals surface area contributed by atoms with Crippen LogP contribution in [0.25, 0.3) is 21.8 Å². The summed E-state index contributed by atoms with van der Waals surface area (Å²) in [5, 5.41) is 13.0. The SMILES string of the molecule is Cc1cc2cc(C(=O)Nc3cc4[nH]c(CN5CCC[C@@H]5C)cc4cn3)ccc2nn1. The van der Waals surface area contributed by atoms with Crippen molar-refractivity contribution < 1.29 is 4.79 Å². The van der Waals surface area contributed by atoms with Gasteiger partial charge in [0.1, 0.15) is 5.82 Å². The number of aryl methyl sites for hydroxylation is 1. The Bertz CT molecular complexity index is 1250. The number of aromatic nitrogens is 4. The number of rotatable bonds is 4. The molecule has 0 radical (unpaired) electrons. The lowest BCUT2D eigenvalue weighted by Crippen LogP contribution is -2.26. The number of amides is 1. The van der Waals surface area contributed by atoms with Gasteiger partial charge in [-0.3, -0.25) is 9.69 Å². The fourth-order valence-electron chi connectivity index (χ4n) is 4.16. The van der Waals surface area contributed by atoms with Crippen molar-refractivity contribution in [1.82, 2.24) is 25.1 Å². The van der Waals surface area contributed by atoms with E-state index in [0.717, 1.165) is 40.6 Å². The maximum absolute atomic E-state index is 12.7. The Balaban J connectivity index is 1.35. The van der Waals surface area contributed by atoms with Crippen molar-refractivity contribution in [3.63, 3.8) is 0 Å². The molecule has 1 saturated heterocycles. The maximum atomic E-state index is 12.7. The number of nitrogens with zero attached hydrogens (tertiary/aromatic N) is 4. The van der Waals surface area contributed by atoms with Gasteiger partial charge in [0.25, 0.3) is 5.91 Å². The van der Waals surface area contributed by atoms with Crippen molar-refractivity contribution in [2.75, 3.05) is 11.9 Å². The lowest BCUT2D eigenvalue weighted by molar-refractivity contribution is 0.102. The Labute approximate surface area is 174 Å². The molecular formula is C23H24N6O. The quantitative estimate of drug-likeness (QED) is 0.540. The summed E-state index contributed by atoms with van der Waals surface area (Å²) in [6.07, 6.45) is 4.33. The Morgan fingerprint density at radius 2 is 2.10 bits per heavy atom. The first-order valence-electron chi connectivity index (χ1n) is 10.3. The van der Waals surface area contributed by atoms with Crippen LogP contribution in [0.4, 0.5) is 5.82 Å². The van der Waals surface area contributed by atoms with E-state index in [0.29, 0.717) is 17.4 Å². The van der Waals surface area contributed by atoms with Crippen molar-refractivity contribution >= 4 is 33.5 Å². The van der Waals surface area contributed by atoms with Gasteiger partial charge in [0.05, 0.1) is 16.7 Å². The van der Waals surface area contributed by atoms with E-state index in [1.165, 1.54) is 18.5 Å². The number of hydrogen-bond donors (Lipinski definition) is 2. The van der Waals surface area contributed by atoms with Crippen LogP contribution in [0.2, 0.25) is 0 Å². The highest BCUT2D eigenvalue weighted by Crippen LogP contribution is 2.23. The van der Waals surface area contributed by atoms with Crippen LogP contribution >= 0.6 is 0 Å². The Hall–Kier alpha value is -3.32. The van der Waals surface area contributed by atoms with Gasteiger partial charge >= 0.3 is 0 Å². The summed E-state index contributed by atoms with van der Waals surface area (Å²) in [5.41, 5.74) is 4.30. The smallest absolute Gasteiger partial charge is 0.256 e. The molecule has 1 amide bonds. The zero-order valence-corrected chi connectivity index (χ0v) is 17.1. The van der Waals surface area contributed by atoms with Crippen molar-refractivity contribution in [3.8, 4) is 0 Å². The fraction of sp³-hybridized carbons (Fsp3) is 0.304. The van der Waals surface area contributed by atoms with E-state index in [4.69, 9.17) is 0 Å². The predicted molar refractivity (Wildman–Crippen MR) is 117 cm³/mol. The lowest BCUT2D eigenvalue weighted by Gasteiger charge is -2.19. The molecule has 0 aliphatic carbocycles. The van der Waals surface area contributed by atoms with Crippen LogP contribution in [0.1, 0.15) is 41.5 Å². The Kier molecular flexibility index (Phi) is 4.67. The van der Waals surface area contributed by atoms with Crippen molar-refractivity contribution in [1.29, 1.82) is 0 Å². The number of likely N-dealkylation sites (tertiary alicyclic amines) is 1. The van der Waals surface area contributed by atoms with Crippen LogP contribution < -0.4 is 5.32 Å². The van der Waals surface area contributed by atoms with Gasteiger partial charge in [-0.1, -0.05) is 0 Å². The number of pyridine rings is 1. The van der Waals surface area contributed by atoms with Crippen molar-refractivity contribution in [2.45, 2.75) is 39.3 Å². The average molecular weight is 400 g/mol. The number of carbonyl (C=O) groups is 1. The van der Waals surface area contributed by atoms with Crippen molar-refractivity contribution in [3.05, 3.63) is 59.5 Å². The number of H-pyrrole nitrogens is 1. The van der Waals surface area contributed by atoms with E-state index in [9.17, 15) is 4.79 Å². The number of aromatic amines is 1. The fourth-order valence-corrected chi connectivity index (χ4v) is 4.16. The lowest BCUT2D eigenvalue weighted by atomic mass is 10.1. The normalized spacial score (nSPS) is 17.1. The molecule has 152 valence electrons. The van der Waals surface area contributed by atoms with Gasteiger partial charge in [-0.15, -0.1) is 0 Å². The van der Waals surface area contributed by atoms with Crippen LogP contribution in [0.3, 0.4) is 0 Å². The molecule has 2 N–H and O–H groups in total. The third-order valence-corrected chi connectivity index (χ3v) is 5.83. The molecule has 7 nitrogen and oxygen atoms in total. The topological polar surface area (TPSA) is 86.8 Å². The summed E-state index contributed by atoms with van der Waals surface area (Å²) in [5.74, 6) is 0.329. The van der Waals surface area contributed by atoms with Gasteiger partial charge in [-0.05, 0) is 63.6 Å². The first-order valence-corrected chi connectivity index (χ1v) is 10.3. The minimum atomic E-state index is -0.198. The van der Waals surface area contributed by atoms with E-state index >= 15 is 0 Å². The summed E-state index contributed by atoms with van der Waals surface area (Å²) in [6.45, 7) is 6.22. The average Bonchev–Trinajstić information content (AvgIpc) is 3.32. The molecular weight excluding hydrogens is 376 g/mol. The predicted octanol–water partition coefficient (Wildman–Crippen LogP) is 4.05. The molecule has 3 aromatic heterocycles. The first-order chi connectivity index (χ1) is 14.5. The van der Waals surface area contributed by atoms with Crippen LogP contribution in [-0.2, 0) is 6.54 Å². The molecule has 7 heteroatoms. The van der Waals surface area contributed by atoms with Crippen molar-refractivity contribution in [2.24, 2.45) is 0 Å². The zero-order valence-electron chi connectivity index (χ0n) is 17.1. The molecule has 30 heavy (non-hydrogen) atoms. The molecule has 0 bridgehead atoms. The summed E-state index contributed by atoms with van der Waals surface area (Å²) < 4.78 is 0. The third kappa shape index (κ3) is 3.64. The number of benzene rings is 1. The van der Waals surface area contributed by atoms with E-state index in [1.54, 1.807) is 12.3 Å². The highest BCUT2D eigenvalue weighted by molar-refractivity contribution is 6.06. The highest BCUT2D eigenvalue weighted by atomic mass is 16.1. The number of fused-ring (bicyclic) bond motifs is 2. The van der Waals surface area contributed by atoms with E-state index in [2.05, 4.69) is 43.4 Å². The van der Waals surface area contributed by atoms with Crippen LogP contribution in [0.15, 0.2) is 42.6 Å². The molecule has 1 aliphatic heterocycles. The number of nitrogens with one attached hydrogen (secondary N) is 2. The minimum absolute atomic E-state index is 0.198. The number of carbonyl (C=O) groups excluding carboxylic acids is 1. The van der Waals surface area contributed by atoms with E-state index in [-0.39, 0.29) is 5.91 Å². The monoisotopic (exact) mass is 400 g/mol. The molecule has 4 aromatic rings. The Morgan fingerprint density at radius 1 is 1.20 bits per heavy atom. The highest BCUT2D eigenvalue weighted by Gasteiger charge is 2.20. The summed E-state index contributed by atoms with van der Waals surface area (Å²) in [4.78, 5) is 23.1. The second-order valence-corrected chi connectivity index (χ2v) is 8.13. The minimum Gasteiger partial charge on any atom is -0.357 e. The molecule has 4 heterocycles. The zero-order chi connectivity index (χ0) is 20.7. The largest absolute Gasteiger partial charge is 0.357 e. The van der Waals surface area contributed by atoms with Gasteiger partial charge in [0.2, 0.25) is 0 Å². The molecule has 1 fully saturated rings. The van der Waals surface area contributed by atoms with Crippen LogP contribution in [-0.4, -0.2) is 43.6 Å². The molecule has 1 aliphatic rings. The van der Waals surface area contributed by atoms with E-state index in [1.807, 2.05) is 31.2 Å². The third-order valence-electron chi connectivity index (χ3n) is 5.83. The van der Waals surface area contributed by atoms with Crippen LogP contribution in [0.5, 0.6) is 0 Å². The van der Waals surface area contributed by atoms with Crippen LogP contribution in [0, 0.1) is 6.92 Å². The van der Waals surface area contributed by atoms with Gasteiger partial charge < -0.3 is 10.3 Å².